The second-order valence-electron chi connectivity index (χ2n) is 6.32. The summed E-state index contributed by atoms with van der Waals surface area (Å²) >= 11 is 12.3. The van der Waals surface area contributed by atoms with Gasteiger partial charge in [0.1, 0.15) is 5.57 Å². The molecule has 0 aromatic heterocycles. The van der Waals surface area contributed by atoms with Gasteiger partial charge in [-0.05, 0) is 48.4 Å². The minimum atomic E-state index is -0.858. The Balaban J connectivity index is 2.01. The molecule has 2 aromatic rings. The van der Waals surface area contributed by atoms with Crippen LogP contribution in [0.1, 0.15) is 18.9 Å². The lowest BCUT2D eigenvalue weighted by atomic mass is 10.1. The number of barbiturate groups is 1. The van der Waals surface area contributed by atoms with Crippen molar-refractivity contribution in [1.29, 1.82) is 0 Å². The summed E-state index contributed by atoms with van der Waals surface area (Å²) in [6.45, 7) is 2.41. The number of ether oxygens (including phenoxy) is 2. The smallest absolute Gasteiger partial charge is 0.335 e. The molecule has 1 N–H and O–H groups in total. The first-order valence-electron chi connectivity index (χ1n) is 9.03. The van der Waals surface area contributed by atoms with E-state index in [0.29, 0.717) is 28.7 Å². The molecule has 30 heavy (non-hydrogen) atoms. The van der Waals surface area contributed by atoms with Crippen molar-refractivity contribution in [1.82, 2.24) is 5.32 Å². The number of nitrogens with one attached hydrogen (secondary N) is 1. The zero-order valence-electron chi connectivity index (χ0n) is 16.2. The summed E-state index contributed by atoms with van der Waals surface area (Å²) in [5, 5.41) is 2.76. The summed E-state index contributed by atoms with van der Waals surface area (Å²) in [5.74, 6) is -0.871. The molecule has 1 aliphatic rings. The maximum absolute atomic E-state index is 13.0. The normalized spacial score (nSPS) is 15.4. The van der Waals surface area contributed by atoms with E-state index in [1.165, 1.54) is 25.3 Å². The van der Waals surface area contributed by atoms with Crippen molar-refractivity contribution < 1.29 is 23.9 Å². The van der Waals surface area contributed by atoms with Gasteiger partial charge in [0, 0.05) is 5.02 Å². The van der Waals surface area contributed by atoms with Gasteiger partial charge in [-0.15, -0.1) is 0 Å². The van der Waals surface area contributed by atoms with E-state index in [9.17, 15) is 14.4 Å². The van der Waals surface area contributed by atoms with E-state index >= 15 is 0 Å². The number of carbonyl (C=O) groups is 3. The first kappa shape index (κ1) is 21.7. The van der Waals surface area contributed by atoms with Crippen molar-refractivity contribution in [2.24, 2.45) is 0 Å². The molecule has 1 heterocycles. The fourth-order valence-corrected chi connectivity index (χ4v) is 3.30. The van der Waals surface area contributed by atoms with Crippen LogP contribution in [0.3, 0.4) is 0 Å². The molecule has 7 nitrogen and oxygen atoms in total. The average Bonchev–Trinajstić information content (AvgIpc) is 2.70. The van der Waals surface area contributed by atoms with Crippen LogP contribution in [0.25, 0.3) is 6.08 Å². The Hall–Kier alpha value is -3.03. The minimum absolute atomic E-state index is 0.238. The van der Waals surface area contributed by atoms with Crippen molar-refractivity contribution in [2.75, 3.05) is 18.6 Å². The first-order valence-corrected chi connectivity index (χ1v) is 9.78. The zero-order chi connectivity index (χ0) is 21.8. The molecule has 156 valence electrons. The quantitative estimate of drug-likeness (QED) is 0.520. The third-order valence-electron chi connectivity index (χ3n) is 4.18. The van der Waals surface area contributed by atoms with Crippen LogP contribution in [0.4, 0.5) is 10.5 Å². The van der Waals surface area contributed by atoms with E-state index in [1.807, 2.05) is 6.92 Å². The third-order valence-corrected chi connectivity index (χ3v) is 4.70. The highest BCUT2D eigenvalue weighted by molar-refractivity contribution is 6.39. The maximum atomic E-state index is 13.0. The van der Waals surface area contributed by atoms with Crippen LogP contribution in [0.15, 0.2) is 42.0 Å². The summed E-state index contributed by atoms with van der Waals surface area (Å²) in [6, 6.07) is 8.46. The third kappa shape index (κ3) is 4.42. The fraction of sp³-hybridized carbons (Fsp3) is 0.190. The Morgan fingerprint density at radius 1 is 1.13 bits per heavy atom. The van der Waals surface area contributed by atoms with Gasteiger partial charge in [0.2, 0.25) is 0 Å². The number of halogens is 2. The molecule has 3 rings (SSSR count). The highest BCUT2D eigenvalue weighted by atomic mass is 35.5. The number of hydrogen-bond acceptors (Lipinski definition) is 5. The van der Waals surface area contributed by atoms with E-state index in [0.717, 1.165) is 11.3 Å². The van der Waals surface area contributed by atoms with Crippen molar-refractivity contribution in [3.63, 3.8) is 0 Å². The lowest BCUT2D eigenvalue weighted by Gasteiger charge is -2.26. The van der Waals surface area contributed by atoms with Crippen molar-refractivity contribution in [3.8, 4) is 11.5 Å². The molecule has 0 saturated carbocycles. The topological polar surface area (TPSA) is 84.9 Å². The van der Waals surface area contributed by atoms with Gasteiger partial charge >= 0.3 is 6.03 Å². The first-order chi connectivity index (χ1) is 14.3. The van der Waals surface area contributed by atoms with Gasteiger partial charge in [-0.25, -0.2) is 9.69 Å². The number of urea groups is 1. The van der Waals surface area contributed by atoms with Crippen LogP contribution in [-0.2, 0) is 9.59 Å². The van der Waals surface area contributed by atoms with Crippen LogP contribution in [0.5, 0.6) is 11.5 Å². The van der Waals surface area contributed by atoms with Crippen LogP contribution >= 0.6 is 23.2 Å². The monoisotopic (exact) mass is 448 g/mol. The van der Waals surface area contributed by atoms with Crippen LogP contribution in [0.2, 0.25) is 10.0 Å². The Morgan fingerprint density at radius 3 is 2.57 bits per heavy atom. The van der Waals surface area contributed by atoms with Gasteiger partial charge in [-0.3, -0.25) is 14.9 Å². The summed E-state index contributed by atoms with van der Waals surface area (Å²) < 4.78 is 10.9. The summed E-state index contributed by atoms with van der Waals surface area (Å²) in [7, 11) is 1.46. The molecule has 1 saturated heterocycles. The Labute approximate surface area is 183 Å². The number of imide groups is 2. The number of anilines is 1. The largest absolute Gasteiger partial charge is 0.493 e. The Morgan fingerprint density at radius 2 is 1.90 bits per heavy atom. The lowest BCUT2D eigenvalue weighted by Crippen LogP contribution is -2.54. The van der Waals surface area contributed by atoms with Gasteiger partial charge < -0.3 is 9.47 Å². The Bertz CT molecular complexity index is 1050. The molecule has 2 aromatic carbocycles. The molecular weight excluding hydrogens is 431 g/mol. The van der Waals surface area contributed by atoms with Gasteiger partial charge in [-0.2, -0.15) is 0 Å². The number of nitrogens with zero attached hydrogens (tertiary/aromatic N) is 1. The predicted molar refractivity (Wildman–Crippen MR) is 114 cm³/mol. The molecule has 9 heteroatoms. The molecule has 0 aliphatic carbocycles. The highest BCUT2D eigenvalue weighted by Gasteiger charge is 2.37. The van der Waals surface area contributed by atoms with Gasteiger partial charge in [0.15, 0.2) is 11.5 Å². The summed E-state index contributed by atoms with van der Waals surface area (Å²) in [6.07, 6.45) is 2.12. The number of methoxy groups -OCH3 is 1. The number of hydrogen-bond donors (Lipinski definition) is 1. The van der Waals surface area contributed by atoms with E-state index in [1.54, 1.807) is 24.3 Å². The van der Waals surface area contributed by atoms with Crippen LogP contribution in [0, 0.1) is 0 Å². The Kier molecular flexibility index (Phi) is 6.64. The molecule has 0 bridgehead atoms. The van der Waals surface area contributed by atoms with Gasteiger partial charge in [-0.1, -0.05) is 36.2 Å². The molecule has 0 atom stereocenters. The van der Waals surface area contributed by atoms with E-state index in [-0.39, 0.29) is 16.3 Å². The summed E-state index contributed by atoms with van der Waals surface area (Å²) in [4.78, 5) is 38.4. The molecule has 4 amide bonds. The van der Waals surface area contributed by atoms with E-state index in [2.05, 4.69) is 5.32 Å². The zero-order valence-corrected chi connectivity index (χ0v) is 17.7. The fourth-order valence-electron chi connectivity index (χ4n) is 2.84. The van der Waals surface area contributed by atoms with E-state index in [4.69, 9.17) is 32.7 Å². The molecule has 0 radical (unpaired) electrons. The maximum Gasteiger partial charge on any atom is 0.335 e. The molecule has 1 aliphatic heterocycles. The van der Waals surface area contributed by atoms with Gasteiger partial charge in [0.25, 0.3) is 11.8 Å². The van der Waals surface area contributed by atoms with Gasteiger partial charge in [0.05, 0.1) is 24.4 Å². The number of benzene rings is 2. The van der Waals surface area contributed by atoms with Crippen molar-refractivity contribution in [3.05, 3.63) is 57.6 Å². The van der Waals surface area contributed by atoms with Crippen molar-refractivity contribution >= 4 is 52.8 Å². The van der Waals surface area contributed by atoms with Crippen LogP contribution in [-0.4, -0.2) is 31.6 Å². The molecule has 0 unspecified atom stereocenters. The SMILES string of the molecule is CCCOc1c(Cl)cc(/C=C2\C(=O)NC(=O)N(c3cccc(Cl)c3)C2=O)cc1OC. The summed E-state index contributed by atoms with van der Waals surface area (Å²) in [5.41, 5.74) is 0.428. The second kappa shape index (κ2) is 9.19. The highest BCUT2D eigenvalue weighted by Crippen LogP contribution is 2.37. The second-order valence-corrected chi connectivity index (χ2v) is 7.16. The lowest BCUT2D eigenvalue weighted by molar-refractivity contribution is -0.122. The average molecular weight is 449 g/mol. The standard InChI is InChI=1S/C21H18Cl2N2O5/c1-3-7-30-18-16(23)9-12(10-17(18)29-2)8-15-19(26)24-21(28)25(20(15)27)14-6-4-5-13(22)11-14/h4-6,8-11H,3,7H2,1-2H3,(H,24,26,28)/b15-8+. The van der Waals surface area contributed by atoms with E-state index < -0.39 is 17.8 Å². The minimum Gasteiger partial charge on any atom is -0.493 e. The number of carbonyl (C=O) groups excluding carboxylic acids is 3. The van der Waals surface area contributed by atoms with Crippen molar-refractivity contribution in [2.45, 2.75) is 13.3 Å². The predicted octanol–water partition coefficient (Wildman–Crippen LogP) is 4.46. The van der Waals surface area contributed by atoms with Crippen LogP contribution < -0.4 is 19.7 Å². The molecule has 0 spiro atoms. The number of rotatable bonds is 6. The molecular formula is C21H18Cl2N2O5. The molecule has 1 fully saturated rings. The number of amides is 4.